The number of aromatic nitrogens is 1. The number of anilines is 3. The van der Waals surface area contributed by atoms with Gasteiger partial charge in [0.05, 0.1) is 27.0 Å². The molecule has 1 aromatic heterocycles. The van der Waals surface area contributed by atoms with Crippen LogP contribution in [0.1, 0.15) is 0 Å². The van der Waals surface area contributed by atoms with Gasteiger partial charge in [-0.05, 0) is 12.1 Å². The largest absolute Gasteiger partial charge is 0.389 e. The summed E-state index contributed by atoms with van der Waals surface area (Å²) in [4.78, 5) is 4.05. The zero-order valence-electron chi connectivity index (χ0n) is 7.80. The van der Waals surface area contributed by atoms with Gasteiger partial charge in [0.2, 0.25) is 0 Å². The molecule has 84 valence electrons. The van der Waals surface area contributed by atoms with Crippen LogP contribution < -0.4 is 11.1 Å². The summed E-state index contributed by atoms with van der Waals surface area (Å²) >= 11 is 19.0. The average molecular weight is 295 g/mol. The fourth-order valence-corrected chi connectivity index (χ4v) is 2.27. The van der Waals surface area contributed by atoms with Crippen LogP contribution in [-0.2, 0) is 0 Å². The van der Waals surface area contributed by atoms with E-state index in [4.69, 9.17) is 40.5 Å². The maximum absolute atomic E-state index is 6.00. The molecule has 7 heteroatoms. The normalized spacial score (nSPS) is 10.4. The second-order valence-electron chi connectivity index (χ2n) is 2.94. The Morgan fingerprint density at radius 3 is 2.44 bits per heavy atom. The molecule has 1 heterocycles. The number of hydrogen-bond acceptors (Lipinski definition) is 4. The molecule has 0 bridgehead atoms. The number of hydrogen-bond donors (Lipinski definition) is 2. The van der Waals surface area contributed by atoms with E-state index in [-0.39, 0.29) is 0 Å². The van der Waals surface area contributed by atoms with Gasteiger partial charge in [-0.3, -0.25) is 0 Å². The highest BCUT2D eigenvalue weighted by Gasteiger charge is 2.07. The van der Waals surface area contributed by atoms with Gasteiger partial charge in [0, 0.05) is 0 Å². The van der Waals surface area contributed by atoms with Crippen LogP contribution in [0, 0.1) is 0 Å². The quantitative estimate of drug-likeness (QED) is 0.806. The van der Waals surface area contributed by atoms with E-state index in [1.165, 1.54) is 11.3 Å². The molecule has 1 aromatic carbocycles. The Bertz CT molecular complexity index is 527. The lowest BCUT2D eigenvalue weighted by Gasteiger charge is -2.06. The van der Waals surface area contributed by atoms with E-state index in [2.05, 4.69) is 10.3 Å². The molecule has 2 rings (SSSR count). The van der Waals surface area contributed by atoms with Gasteiger partial charge < -0.3 is 11.1 Å². The van der Waals surface area contributed by atoms with E-state index in [9.17, 15) is 0 Å². The minimum Gasteiger partial charge on any atom is -0.389 e. The van der Waals surface area contributed by atoms with Crippen molar-refractivity contribution in [2.45, 2.75) is 0 Å². The molecule has 0 unspecified atom stereocenters. The highest BCUT2D eigenvalue weighted by molar-refractivity contribution is 7.19. The molecular weight excluding hydrogens is 289 g/mol. The summed E-state index contributed by atoms with van der Waals surface area (Å²) in [5, 5.41) is 5.60. The van der Waals surface area contributed by atoms with Gasteiger partial charge in [0.1, 0.15) is 5.00 Å². The monoisotopic (exact) mass is 293 g/mol. The van der Waals surface area contributed by atoms with Gasteiger partial charge >= 0.3 is 0 Å². The first kappa shape index (κ1) is 11.8. The van der Waals surface area contributed by atoms with Crippen molar-refractivity contribution < 1.29 is 0 Å². The second-order valence-corrected chi connectivity index (χ2v) is 5.22. The van der Waals surface area contributed by atoms with Gasteiger partial charge in [-0.1, -0.05) is 46.1 Å². The average Bonchev–Trinajstić information content (AvgIpc) is 2.60. The third-order valence-electron chi connectivity index (χ3n) is 1.78. The SMILES string of the molecule is Nc1cnc(Nc2cc(Cl)c(Cl)cc2Cl)s1. The summed E-state index contributed by atoms with van der Waals surface area (Å²) < 4.78 is 0. The standard InChI is InChI=1S/C9H6Cl3N3S/c10-4-1-6(12)7(2-5(4)11)15-9-14-3-8(13)16-9/h1-3H,13H2,(H,14,15). The second kappa shape index (κ2) is 4.67. The van der Waals surface area contributed by atoms with E-state index in [0.29, 0.717) is 30.9 Å². The van der Waals surface area contributed by atoms with Crippen molar-refractivity contribution >= 4 is 62.0 Å². The number of nitrogens with one attached hydrogen (secondary N) is 1. The number of nitrogens with two attached hydrogens (primary N) is 1. The number of nitrogen functional groups attached to an aromatic ring is 1. The van der Waals surface area contributed by atoms with E-state index < -0.39 is 0 Å². The third-order valence-corrected chi connectivity index (χ3v) is 3.55. The highest BCUT2D eigenvalue weighted by atomic mass is 35.5. The maximum atomic E-state index is 6.00. The van der Waals surface area contributed by atoms with Crippen LogP contribution in [0.2, 0.25) is 15.1 Å². The Balaban J connectivity index is 2.31. The molecule has 0 aliphatic carbocycles. The Labute approximate surface area is 111 Å². The summed E-state index contributed by atoms with van der Waals surface area (Å²) in [6.45, 7) is 0. The minimum atomic E-state index is 0.413. The lowest BCUT2D eigenvalue weighted by atomic mass is 10.3. The summed E-state index contributed by atoms with van der Waals surface area (Å²) in [6, 6.07) is 3.22. The predicted octanol–water partition coefficient (Wildman–Crippen LogP) is 4.43. The van der Waals surface area contributed by atoms with Crippen LogP contribution >= 0.6 is 46.1 Å². The lowest BCUT2D eigenvalue weighted by Crippen LogP contribution is -1.90. The molecule has 0 radical (unpaired) electrons. The molecule has 0 saturated heterocycles. The van der Waals surface area contributed by atoms with Crippen LogP contribution in [-0.4, -0.2) is 4.98 Å². The van der Waals surface area contributed by atoms with Crippen molar-refractivity contribution in [2.24, 2.45) is 0 Å². The van der Waals surface area contributed by atoms with E-state index in [1.807, 2.05) is 0 Å². The minimum absolute atomic E-state index is 0.413. The van der Waals surface area contributed by atoms with Crippen molar-refractivity contribution in [3.63, 3.8) is 0 Å². The number of benzene rings is 1. The van der Waals surface area contributed by atoms with Crippen molar-refractivity contribution in [1.82, 2.24) is 4.98 Å². The van der Waals surface area contributed by atoms with Crippen LogP contribution in [0.4, 0.5) is 15.8 Å². The van der Waals surface area contributed by atoms with E-state index in [0.717, 1.165) is 0 Å². The predicted molar refractivity (Wildman–Crippen MR) is 71.3 cm³/mol. The third kappa shape index (κ3) is 2.52. The Morgan fingerprint density at radius 2 is 1.81 bits per heavy atom. The zero-order valence-corrected chi connectivity index (χ0v) is 10.9. The number of halogens is 3. The molecule has 0 saturated carbocycles. The fourth-order valence-electron chi connectivity index (χ4n) is 1.08. The van der Waals surface area contributed by atoms with Gasteiger partial charge in [0.25, 0.3) is 0 Å². The maximum Gasteiger partial charge on any atom is 0.189 e. The molecule has 0 aliphatic heterocycles. The Hall–Kier alpha value is -0.680. The van der Waals surface area contributed by atoms with Gasteiger partial charge in [-0.25, -0.2) is 4.98 Å². The van der Waals surface area contributed by atoms with Crippen LogP contribution in [0.3, 0.4) is 0 Å². The highest BCUT2D eigenvalue weighted by Crippen LogP contribution is 2.34. The molecule has 0 spiro atoms. The topological polar surface area (TPSA) is 50.9 Å². The molecule has 0 aliphatic rings. The summed E-state index contributed by atoms with van der Waals surface area (Å²) in [7, 11) is 0. The van der Waals surface area contributed by atoms with Crippen molar-refractivity contribution in [3.8, 4) is 0 Å². The summed E-state index contributed by atoms with van der Waals surface area (Å²) in [5.41, 5.74) is 6.20. The Kier molecular flexibility index (Phi) is 3.44. The molecule has 0 atom stereocenters. The van der Waals surface area contributed by atoms with Gasteiger partial charge in [-0.2, -0.15) is 0 Å². The van der Waals surface area contributed by atoms with Crippen molar-refractivity contribution in [1.29, 1.82) is 0 Å². The number of thiazole rings is 1. The van der Waals surface area contributed by atoms with E-state index in [1.54, 1.807) is 18.3 Å². The van der Waals surface area contributed by atoms with Crippen molar-refractivity contribution in [3.05, 3.63) is 33.4 Å². The first-order chi connectivity index (χ1) is 7.56. The van der Waals surface area contributed by atoms with Gasteiger partial charge in [-0.15, -0.1) is 0 Å². The Morgan fingerprint density at radius 1 is 1.12 bits per heavy atom. The first-order valence-corrected chi connectivity index (χ1v) is 6.14. The summed E-state index contributed by atoms with van der Waals surface area (Å²) in [6.07, 6.45) is 1.57. The van der Waals surface area contributed by atoms with Crippen LogP contribution in [0.15, 0.2) is 18.3 Å². The van der Waals surface area contributed by atoms with Gasteiger partial charge in [0.15, 0.2) is 5.13 Å². The molecule has 0 amide bonds. The van der Waals surface area contributed by atoms with Crippen LogP contribution in [0.25, 0.3) is 0 Å². The molecule has 16 heavy (non-hydrogen) atoms. The van der Waals surface area contributed by atoms with E-state index >= 15 is 0 Å². The molecular formula is C9H6Cl3N3S. The lowest BCUT2D eigenvalue weighted by molar-refractivity contribution is 1.39. The van der Waals surface area contributed by atoms with Crippen LogP contribution in [0.5, 0.6) is 0 Å². The summed E-state index contributed by atoms with van der Waals surface area (Å²) in [5.74, 6) is 0. The number of rotatable bonds is 2. The zero-order chi connectivity index (χ0) is 11.7. The fraction of sp³-hybridized carbons (Fsp3) is 0. The van der Waals surface area contributed by atoms with Crippen molar-refractivity contribution in [2.75, 3.05) is 11.1 Å². The molecule has 2 aromatic rings. The first-order valence-electron chi connectivity index (χ1n) is 4.19. The molecule has 3 nitrogen and oxygen atoms in total. The smallest absolute Gasteiger partial charge is 0.189 e. The number of nitrogens with zero attached hydrogens (tertiary/aromatic N) is 1. The molecule has 3 N–H and O–H groups in total. The molecule has 0 fully saturated rings.